The fraction of sp³-hybridized carbons (Fsp3) is 0.611. The van der Waals surface area contributed by atoms with Gasteiger partial charge in [0.05, 0.1) is 5.92 Å². The van der Waals surface area contributed by atoms with Crippen molar-refractivity contribution in [1.29, 1.82) is 0 Å². The number of aliphatic hydroxyl groups excluding tert-OH is 1. The average Bonchev–Trinajstić information content (AvgIpc) is 2.53. The Kier molecular flexibility index (Phi) is 5.04. The second-order valence-electron chi connectivity index (χ2n) is 6.47. The van der Waals surface area contributed by atoms with Gasteiger partial charge in [0, 0.05) is 19.7 Å². The maximum atomic E-state index is 12.7. The third-order valence-corrected chi connectivity index (χ3v) is 5.13. The highest BCUT2D eigenvalue weighted by molar-refractivity contribution is 5.83. The molecule has 1 fully saturated rings. The highest BCUT2D eigenvalue weighted by Crippen LogP contribution is 2.35. The molecule has 1 heterocycles. The van der Waals surface area contributed by atoms with E-state index in [-0.39, 0.29) is 23.8 Å². The molecule has 2 rings (SSSR count). The van der Waals surface area contributed by atoms with Crippen LogP contribution in [0.3, 0.4) is 0 Å². The van der Waals surface area contributed by atoms with Crippen LogP contribution in [-0.2, 0) is 4.79 Å². The minimum atomic E-state index is -0.0897. The lowest BCUT2D eigenvalue weighted by atomic mass is 9.77. The zero-order valence-electron chi connectivity index (χ0n) is 13.4. The molecule has 1 aliphatic rings. The zero-order chi connectivity index (χ0) is 15.5. The van der Waals surface area contributed by atoms with Crippen molar-refractivity contribution in [2.24, 2.45) is 5.41 Å². The molecule has 116 valence electrons. The van der Waals surface area contributed by atoms with Crippen LogP contribution in [0.4, 0.5) is 0 Å². The largest absolute Gasteiger partial charge is 0.396 e. The van der Waals surface area contributed by atoms with E-state index in [1.54, 1.807) is 0 Å². The molecule has 1 aliphatic heterocycles. The summed E-state index contributed by atoms with van der Waals surface area (Å²) in [6.45, 7) is 7.94. The van der Waals surface area contributed by atoms with E-state index < -0.39 is 0 Å². The minimum Gasteiger partial charge on any atom is -0.396 e. The normalized spacial score (nSPS) is 19.3. The Balaban J connectivity index is 2.02. The molecule has 0 saturated carbocycles. The predicted octanol–water partition coefficient (Wildman–Crippen LogP) is 3.11. The van der Waals surface area contributed by atoms with Crippen molar-refractivity contribution in [3.63, 3.8) is 0 Å². The molecule has 3 nitrogen and oxygen atoms in total. The van der Waals surface area contributed by atoms with Gasteiger partial charge in [-0.3, -0.25) is 4.79 Å². The van der Waals surface area contributed by atoms with E-state index in [0.717, 1.165) is 37.9 Å². The molecule has 1 atom stereocenters. The maximum absolute atomic E-state index is 12.7. The Morgan fingerprint density at radius 1 is 1.38 bits per heavy atom. The van der Waals surface area contributed by atoms with Crippen LogP contribution >= 0.6 is 0 Å². The molecule has 21 heavy (non-hydrogen) atoms. The lowest BCUT2D eigenvalue weighted by Gasteiger charge is -2.41. The molecular formula is C18H27NO2. The quantitative estimate of drug-likeness (QED) is 0.925. The standard InChI is InChI=1S/C18H27NO2/c1-4-18(13-20)8-10-19(11-9-18)17(21)15(3)16-7-5-6-14(2)12-16/h5-7,12,15,20H,4,8-11,13H2,1-3H3. The molecule has 1 aromatic carbocycles. The zero-order valence-corrected chi connectivity index (χ0v) is 13.4. The van der Waals surface area contributed by atoms with Crippen LogP contribution in [0.2, 0.25) is 0 Å². The van der Waals surface area contributed by atoms with Crippen LogP contribution < -0.4 is 0 Å². The smallest absolute Gasteiger partial charge is 0.229 e. The van der Waals surface area contributed by atoms with Crippen molar-refractivity contribution in [1.82, 2.24) is 4.90 Å². The topological polar surface area (TPSA) is 40.5 Å². The van der Waals surface area contributed by atoms with Gasteiger partial charge in [-0.2, -0.15) is 0 Å². The predicted molar refractivity (Wildman–Crippen MR) is 85.2 cm³/mol. The van der Waals surface area contributed by atoms with Crippen LogP contribution in [0.1, 0.15) is 50.2 Å². The number of likely N-dealkylation sites (tertiary alicyclic amines) is 1. The van der Waals surface area contributed by atoms with Gasteiger partial charge in [-0.25, -0.2) is 0 Å². The number of benzene rings is 1. The Morgan fingerprint density at radius 3 is 2.57 bits per heavy atom. The van der Waals surface area contributed by atoms with Gasteiger partial charge < -0.3 is 10.0 Å². The summed E-state index contributed by atoms with van der Waals surface area (Å²) in [5.41, 5.74) is 2.31. The Bertz CT molecular complexity index is 484. The van der Waals surface area contributed by atoms with Gasteiger partial charge in [-0.05, 0) is 44.1 Å². The number of amides is 1. The molecule has 0 aromatic heterocycles. The van der Waals surface area contributed by atoms with Crippen LogP contribution in [0.5, 0.6) is 0 Å². The number of carbonyl (C=O) groups excluding carboxylic acids is 1. The highest BCUT2D eigenvalue weighted by atomic mass is 16.3. The number of rotatable bonds is 4. The Morgan fingerprint density at radius 2 is 2.05 bits per heavy atom. The molecular weight excluding hydrogens is 262 g/mol. The van der Waals surface area contributed by atoms with Crippen LogP contribution in [-0.4, -0.2) is 35.6 Å². The monoisotopic (exact) mass is 289 g/mol. The van der Waals surface area contributed by atoms with Gasteiger partial charge >= 0.3 is 0 Å². The van der Waals surface area contributed by atoms with E-state index in [9.17, 15) is 9.90 Å². The molecule has 1 aromatic rings. The first kappa shape index (κ1) is 16.0. The van der Waals surface area contributed by atoms with Crippen molar-refractivity contribution >= 4 is 5.91 Å². The summed E-state index contributed by atoms with van der Waals surface area (Å²) in [5, 5.41) is 9.58. The number of aryl methyl sites for hydroxylation is 1. The number of hydrogen-bond acceptors (Lipinski definition) is 2. The van der Waals surface area contributed by atoms with Crippen molar-refractivity contribution < 1.29 is 9.90 Å². The van der Waals surface area contributed by atoms with Gasteiger partial charge in [0.2, 0.25) is 5.91 Å². The SMILES string of the molecule is CCC1(CO)CCN(C(=O)C(C)c2cccc(C)c2)CC1. The number of nitrogens with zero attached hydrogens (tertiary/aromatic N) is 1. The van der Waals surface area contributed by atoms with Gasteiger partial charge in [0.1, 0.15) is 0 Å². The summed E-state index contributed by atoms with van der Waals surface area (Å²) in [7, 11) is 0. The first-order valence-electron chi connectivity index (χ1n) is 7.97. The first-order chi connectivity index (χ1) is 10.0. The summed E-state index contributed by atoms with van der Waals surface area (Å²) < 4.78 is 0. The number of carbonyl (C=O) groups is 1. The number of piperidine rings is 1. The first-order valence-corrected chi connectivity index (χ1v) is 7.97. The second kappa shape index (κ2) is 6.61. The average molecular weight is 289 g/mol. The molecule has 0 aliphatic carbocycles. The Labute approximate surface area is 128 Å². The van der Waals surface area contributed by atoms with E-state index in [1.165, 1.54) is 5.56 Å². The van der Waals surface area contributed by atoms with E-state index in [0.29, 0.717) is 0 Å². The molecule has 0 bridgehead atoms. The van der Waals surface area contributed by atoms with E-state index in [4.69, 9.17) is 0 Å². The van der Waals surface area contributed by atoms with Crippen LogP contribution in [0.15, 0.2) is 24.3 Å². The summed E-state index contributed by atoms with van der Waals surface area (Å²) in [5.74, 6) is 0.122. The van der Waals surface area contributed by atoms with E-state index in [2.05, 4.69) is 26.0 Å². The highest BCUT2D eigenvalue weighted by Gasteiger charge is 2.35. The number of hydrogen-bond donors (Lipinski definition) is 1. The molecule has 1 saturated heterocycles. The summed E-state index contributed by atoms with van der Waals surface area (Å²) in [6.07, 6.45) is 2.80. The van der Waals surface area contributed by atoms with Gasteiger partial charge in [-0.15, -0.1) is 0 Å². The number of aliphatic hydroxyl groups is 1. The second-order valence-corrected chi connectivity index (χ2v) is 6.47. The van der Waals surface area contributed by atoms with Crippen molar-refractivity contribution in [2.45, 2.75) is 46.0 Å². The third kappa shape index (κ3) is 3.46. The lowest BCUT2D eigenvalue weighted by Crippen LogP contribution is -2.45. The van der Waals surface area contributed by atoms with Crippen LogP contribution in [0.25, 0.3) is 0 Å². The summed E-state index contributed by atoms with van der Waals surface area (Å²) >= 11 is 0. The molecule has 0 radical (unpaired) electrons. The van der Waals surface area contributed by atoms with Crippen molar-refractivity contribution in [2.75, 3.05) is 19.7 Å². The molecule has 3 heteroatoms. The Hall–Kier alpha value is -1.35. The minimum absolute atomic E-state index is 0.0311. The lowest BCUT2D eigenvalue weighted by molar-refractivity contribution is -0.135. The van der Waals surface area contributed by atoms with Gasteiger partial charge in [-0.1, -0.05) is 36.8 Å². The maximum Gasteiger partial charge on any atom is 0.229 e. The fourth-order valence-electron chi connectivity index (χ4n) is 3.18. The molecule has 1 N–H and O–H groups in total. The molecule has 1 amide bonds. The van der Waals surface area contributed by atoms with Crippen LogP contribution in [0, 0.1) is 12.3 Å². The molecule has 0 spiro atoms. The van der Waals surface area contributed by atoms with E-state index in [1.807, 2.05) is 24.0 Å². The molecule has 1 unspecified atom stereocenters. The van der Waals surface area contributed by atoms with Gasteiger partial charge in [0.15, 0.2) is 0 Å². The van der Waals surface area contributed by atoms with Crippen molar-refractivity contribution in [3.05, 3.63) is 35.4 Å². The summed E-state index contributed by atoms with van der Waals surface area (Å²) in [4.78, 5) is 14.6. The summed E-state index contributed by atoms with van der Waals surface area (Å²) in [6, 6.07) is 8.19. The van der Waals surface area contributed by atoms with Crippen molar-refractivity contribution in [3.8, 4) is 0 Å². The third-order valence-electron chi connectivity index (χ3n) is 5.13. The van der Waals surface area contributed by atoms with Gasteiger partial charge in [0.25, 0.3) is 0 Å². The van der Waals surface area contributed by atoms with E-state index >= 15 is 0 Å². The fourth-order valence-corrected chi connectivity index (χ4v) is 3.18.